The highest BCUT2D eigenvalue weighted by atomic mass is 19.1. The maximum absolute atomic E-state index is 13.9. The Hall–Kier alpha value is -2.37. The molecular weight excluding hydrogens is 309 g/mol. The number of rotatable bonds is 3. The van der Waals surface area contributed by atoms with Crippen molar-refractivity contribution < 1.29 is 13.9 Å². The number of hydrogen-bond donors (Lipinski definition) is 0. The van der Waals surface area contributed by atoms with E-state index in [9.17, 15) is 9.18 Å². The molecule has 1 aliphatic heterocycles. The summed E-state index contributed by atoms with van der Waals surface area (Å²) in [5.74, 6) is -0.162. The van der Waals surface area contributed by atoms with Gasteiger partial charge in [-0.1, -0.05) is 6.42 Å². The first kappa shape index (κ1) is 15.2. The first-order chi connectivity index (χ1) is 11.7. The molecule has 0 N–H and O–H groups in total. The van der Waals surface area contributed by atoms with Crippen LogP contribution in [-0.2, 0) is 17.9 Å². The fraction of sp³-hybridized carbons (Fsp3) is 0.444. The van der Waals surface area contributed by atoms with E-state index in [0.717, 1.165) is 25.0 Å². The normalized spacial score (nSPS) is 20.9. The lowest BCUT2D eigenvalue weighted by Gasteiger charge is -2.32. The van der Waals surface area contributed by atoms with Gasteiger partial charge >= 0.3 is 0 Å². The summed E-state index contributed by atoms with van der Waals surface area (Å²) in [5.41, 5.74) is 1.08. The molecule has 1 aliphatic carbocycles. The van der Waals surface area contributed by atoms with Crippen LogP contribution in [-0.4, -0.2) is 33.0 Å². The standard InChI is InChI=1S/C18H20FN3O2/c19-16-7-2-8-20-17(16)24-15-11-21-9-3-6-14(21)10-22(12-15)18(23)13-4-1-5-13/h2-3,6-9,13,15H,1,4-5,10-12H2/t15-/m0/s1. The van der Waals surface area contributed by atoms with Crippen LogP contribution in [0.15, 0.2) is 36.7 Å². The number of fused-ring (bicyclic) bond motifs is 1. The molecule has 6 heteroatoms. The van der Waals surface area contributed by atoms with Crippen LogP contribution in [0.25, 0.3) is 0 Å². The minimum absolute atomic E-state index is 0.00542. The monoisotopic (exact) mass is 329 g/mol. The Morgan fingerprint density at radius 1 is 1.25 bits per heavy atom. The first-order valence-corrected chi connectivity index (χ1v) is 8.40. The van der Waals surface area contributed by atoms with Crippen molar-refractivity contribution in [1.29, 1.82) is 0 Å². The van der Waals surface area contributed by atoms with Gasteiger partial charge in [-0.05, 0) is 37.1 Å². The van der Waals surface area contributed by atoms with Gasteiger partial charge in [-0.3, -0.25) is 4.79 Å². The molecule has 0 spiro atoms. The number of aromatic nitrogens is 2. The minimum Gasteiger partial charge on any atom is -0.468 e. The lowest BCUT2D eigenvalue weighted by molar-refractivity contribution is -0.139. The summed E-state index contributed by atoms with van der Waals surface area (Å²) in [6, 6.07) is 6.85. The highest BCUT2D eigenvalue weighted by Gasteiger charge is 2.33. The van der Waals surface area contributed by atoms with Crippen molar-refractivity contribution >= 4 is 5.91 Å². The van der Waals surface area contributed by atoms with Crippen LogP contribution in [0, 0.1) is 11.7 Å². The number of ether oxygens (including phenoxy) is 1. The van der Waals surface area contributed by atoms with Crippen LogP contribution in [0.4, 0.5) is 4.39 Å². The topological polar surface area (TPSA) is 47.4 Å². The lowest BCUT2D eigenvalue weighted by atomic mass is 9.84. The number of amides is 1. The second kappa shape index (κ2) is 6.26. The summed E-state index contributed by atoms with van der Waals surface area (Å²) in [6.45, 7) is 1.60. The molecule has 1 amide bonds. The first-order valence-electron chi connectivity index (χ1n) is 8.40. The van der Waals surface area contributed by atoms with Crippen molar-refractivity contribution in [1.82, 2.24) is 14.5 Å². The van der Waals surface area contributed by atoms with Crippen molar-refractivity contribution in [3.8, 4) is 5.88 Å². The average molecular weight is 329 g/mol. The van der Waals surface area contributed by atoms with Crippen LogP contribution < -0.4 is 4.74 Å². The Morgan fingerprint density at radius 3 is 2.88 bits per heavy atom. The Labute approximate surface area is 140 Å². The molecule has 1 atom stereocenters. The third kappa shape index (κ3) is 2.88. The molecule has 1 fully saturated rings. The van der Waals surface area contributed by atoms with E-state index in [0.29, 0.717) is 19.6 Å². The molecular formula is C18H20FN3O2. The van der Waals surface area contributed by atoms with E-state index in [1.165, 1.54) is 18.3 Å². The predicted octanol–water partition coefficient (Wildman–Crippen LogP) is 2.61. The molecule has 2 aliphatic rings. The minimum atomic E-state index is -0.480. The zero-order valence-electron chi connectivity index (χ0n) is 13.4. The van der Waals surface area contributed by atoms with Crippen LogP contribution in [0.3, 0.4) is 0 Å². The Morgan fingerprint density at radius 2 is 2.12 bits per heavy atom. The molecule has 5 nitrogen and oxygen atoms in total. The Balaban J connectivity index is 1.57. The summed E-state index contributed by atoms with van der Waals surface area (Å²) in [4.78, 5) is 18.5. The SMILES string of the molecule is O=C(C1CCC1)N1Cc2cccn2C[C@H](Oc2ncccc2F)C1. The van der Waals surface area contributed by atoms with Gasteiger partial charge in [-0.2, -0.15) is 0 Å². The molecule has 126 valence electrons. The lowest BCUT2D eigenvalue weighted by Crippen LogP contribution is -2.43. The van der Waals surface area contributed by atoms with Gasteiger partial charge in [0.05, 0.1) is 19.6 Å². The number of pyridine rings is 1. The van der Waals surface area contributed by atoms with Gasteiger partial charge in [-0.15, -0.1) is 0 Å². The highest BCUT2D eigenvalue weighted by molar-refractivity contribution is 5.79. The largest absolute Gasteiger partial charge is 0.468 e. The third-order valence-electron chi connectivity index (χ3n) is 4.87. The van der Waals surface area contributed by atoms with Crippen molar-refractivity contribution in [2.45, 2.75) is 38.5 Å². The van der Waals surface area contributed by atoms with Gasteiger partial charge in [-0.25, -0.2) is 9.37 Å². The number of halogens is 1. The number of hydrogen-bond acceptors (Lipinski definition) is 3. The van der Waals surface area contributed by atoms with Crippen LogP contribution in [0.2, 0.25) is 0 Å². The van der Waals surface area contributed by atoms with Crippen molar-refractivity contribution in [3.63, 3.8) is 0 Å². The quantitative estimate of drug-likeness (QED) is 0.870. The van der Waals surface area contributed by atoms with E-state index in [4.69, 9.17) is 4.74 Å². The second-order valence-corrected chi connectivity index (χ2v) is 6.53. The van der Waals surface area contributed by atoms with E-state index < -0.39 is 5.82 Å². The summed E-state index contributed by atoms with van der Waals surface area (Å²) in [7, 11) is 0. The molecule has 0 unspecified atom stereocenters. The smallest absolute Gasteiger partial charge is 0.250 e. The zero-order valence-corrected chi connectivity index (χ0v) is 13.4. The second-order valence-electron chi connectivity index (χ2n) is 6.53. The molecule has 1 saturated carbocycles. The summed E-state index contributed by atoms with van der Waals surface area (Å²) >= 11 is 0. The number of carbonyl (C=O) groups is 1. The molecule has 24 heavy (non-hydrogen) atoms. The fourth-order valence-corrected chi connectivity index (χ4v) is 3.33. The van der Waals surface area contributed by atoms with Gasteiger partial charge < -0.3 is 14.2 Å². The van der Waals surface area contributed by atoms with Crippen LogP contribution in [0.1, 0.15) is 25.0 Å². The average Bonchev–Trinajstić information content (AvgIpc) is 2.86. The Kier molecular flexibility index (Phi) is 3.96. The van der Waals surface area contributed by atoms with E-state index in [2.05, 4.69) is 9.55 Å². The summed E-state index contributed by atoms with van der Waals surface area (Å²) in [6.07, 6.45) is 6.21. The van der Waals surface area contributed by atoms with Crippen LogP contribution >= 0.6 is 0 Å². The van der Waals surface area contributed by atoms with Gasteiger partial charge in [0.2, 0.25) is 5.91 Å². The highest BCUT2D eigenvalue weighted by Crippen LogP contribution is 2.30. The number of nitrogens with zero attached hydrogens (tertiary/aromatic N) is 3. The van der Waals surface area contributed by atoms with Crippen LogP contribution in [0.5, 0.6) is 5.88 Å². The summed E-state index contributed by atoms with van der Waals surface area (Å²) in [5, 5.41) is 0. The van der Waals surface area contributed by atoms with Crippen molar-refractivity contribution in [3.05, 3.63) is 48.2 Å². The maximum Gasteiger partial charge on any atom is 0.250 e. The van der Waals surface area contributed by atoms with E-state index in [1.807, 2.05) is 23.2 Å². The van der Waals surface area contributed by atoms with Crippen molar-refractivity contribution in [2.24, 2.45) is 5.92 Å². The molecule has 4 rings (SSSR count). The molecule has 0 radical (unpaired) electrons. The van der Waals surface area contributed by atoms with Gasteiger partial charge in [0.15, 0.2) is 5.82 Å². The van der Waals surface area contributed by atoms with Crippen molar-refractivity contribution in [2.75, 3.05) is 6.54 Å². The fourth-order valence-electron chi connectivity index (χ4n) is 3.33. The Bertz CT molecular complexity index is 741. The van der Waals surface area contributed by atoms with E-state index >= 15 is 0 Å². The summed E-state index contributed by atoms with van der Waals surface area (Å²) < 4.78 is 21.7. The van der Waals surface area contributed by atoms with Gasteiger partial charge in [0.1, 0.15) is 6.10 Å². The molecule has 3 heterocycles. The van der Waals surface area contributed by atoms with Gasteiger partial charge in [0.25, 0.3) is 5.88 Å². The van der Waals surface area contributed by atoms with E-state index in [-0.39, 0.29) is 23.8 Å². The molecule has 0 saturated heterocycles. The molecule has 0 aromatic carbocycles. The molecule has 0 bridgehead atoms. The third-order valence-corrected chi connectivity index (χ3v) is 4.87. The van der Waals surface area contributed by atoms with Gasteiger partial charge in [0, 0.05) is 24.0 Å². The van der Waals surface area contributed by atoms with E-state index in [1.54, 1.807) is 0 Å². The molecule has 2 aromatic heterocycles. The number of carbonyl (C=O) groups excluding carboxylic acids is 1. The zero-order chi connectivity index (χ0) is 16.5. The predicted molar refractivity (Wildman–Crippen MR) is 85.8 cm³/mol. The maximum atomic E-state index is 13.9. The molecule has 2 aromatic rings.